The van der Waals surface area contributed by atoms with E-state index in [9.17, 15) is 5.11 Å². The maximum absolute atomic E-state index is 9.71. The zero-order valence-electron chi connectivity index (χ0n) is 17.4. The smallest absolute Gasteiger partial charge is 0.191 e. The second-order valence-electron chi connectivity index (χ2n) is 6.88. The van der Waals surface area contributed by atoms with Crippen molar-refractivity contribution in [3.05, 3.63) is 71.3 Å². The number of aliphatic imine (C=N–C) groups is 1. The van der Waals surface area contributed by atoms with E-state index in [1.54, 1.807) is 7.05 Å². The van der Waals surface area contributed by atoms with Crippen LogP contribution in [-0.4, -0.2) is 49.3 Å². The molecule has 2 rings (SSSR count). The van der Waals surface area contributed by atoms with Crippen LogP contribution in [0.25, 0.3) is 0 Å². The van der Waals surface area contributed by atoms with Crippen molar-refractivity contribution >= 4 is 5.96 Å². The van der Waals surface area contributed by atoms with Crippen molar-refractivity contribution in [1.29, 1.82) is 0 Å². The molecule has 28 heavy (non-hydrogen) atoms. The number of nitrogens with zero attached hydrogens (tertiary/aromatic N) is 2. The Bertz CT molecular complexity index is 714. The second kappa shape index (κ2) is 12.2. The standard InChI is InChI=1S/C23H34N4O/c1-4-27(5-2)17-20-11-9-10-19(14-20)15-25-23(24-3)26-16-22(18-28)21-12-7-6-8-13-21/h6-14,22,28H,4-5,15-18H2,1-3H3,(H2,24,25,26). The lowest BCUT2D eigenvalue weighted by Gasteiger charge is -2.19. The summed E-state index contributed by atoms with van der Waals surface area (Å²) in [4.78, 5) is 6.71. The van der Waals surface area contributed by atoms with Crippen LogP contribution in [0.2, 0.25) is 0 Å². The van der Waals surface area contributed by atoms with E-state index in [1.807, 2.05) is 30.3 Å². The van der Waals surface area contributed by atoms with E-state index >= 15 is 0 Å². The van der Waals surface area contributed by atoms with Crippen molar-refractivity contribution in [3.63, 3.8) is 0 Å². The van der Waals surface area contributed by atoms with E-state index in [1.165, 1.54) is 11.1 Å². The molecule has 0 spiro atoms. The maximum Gasteiger partial charge on any atom is 0.191 e. The van der Waals surface area contributed by atoms with Crippen LogP contribution in [0.1, 0.15) is 36.5 Å². The largest absolute Gasteiger partial charge is 0.396 e. The van der Waals surface area contributed by atoms with Crippen molar-refractivity contribution in [1.82, 2.24) is 15.5 Å². The summed E-state index contributed by atoms with van der Waals surface area (Å²) >= 11 is 0. The summed E-state index contributed by atoms with van der Waals surface area (Å²) in [7, 11) is 1.77. The van der Waals surface area contributed by atoms with Crippen LogP contribution < -0.4 is 10.6 Å². The first-order chi connectivity index (χ1) is 13.7. The van der Waals surface area contributed by atoms with E-state index in [4.69, 9.17) is 0 Å². The molecule has 1 unspecified atom stereocenters. The number of nitrogens with one attached hydrogen (secondary N) is 2. The molecular formula is C23H34N4O. The summed E-state index contributed by atoms with van der Waals surface area (Å²) in [6.07, 6.45) is 0. The fourth-order valence-corrected chi connectivity index (χ4v) is 3.18. The highest BCUT2D eigenvalue weighted by Crippen LogP contribution is 2.13. The van der Waals surface area contributed by atoms with Crippen LogP contribution in [0.15, 0.2) is 59.6 Å². The third-order valence-corrected chi connectivity index (χ3v) is 4.98. The predicted octanol–water partition coefficient (Wildman–Crippen LogP) is 2.97. The Morgan fingerprint density at radius 1 is 1.00 bits per heavy atom. The molecule has 3 N–H and O–H groups in total. The molecule has 0 bridgehead atoms. The van der Waals surface area contributed by atoms with E-state index in [-0.39, 0.29) is 12.5 Å². The number of hydrogen-bond donors (Lipinski definition) is 3. The van der Waals surface area contributed by atoms with Gasteiger partial charge in [-0.3, -0.25) is 9.89 Å². The van der Waals surface area contributed by atoms with Gasteiger partial charge in [0, 0.05) is 32.6 Å². The minimum atomic E-state index is 0.0390. The van der Waals surface area contributed by atoms with Gasteiger partial charge in [0.25, 0.3) is 0 Å². The fourth-order valence-electron chi connectivity index (χ4n) is 3.18. The zero-order chi connectivity index (χ0) is 20.2. The molecule has 0 aliphatic rings. The Morgan fingerprint density at radius 3 is 2.36 bits per heavy atom. The second-order valence-corrected chi connectivity index (χ2v) is 6.88. The molecule has 0 saturated heterocycles. The summed E-state index contributed by atoms with van der Waals surface area (Å²) in [6, 6.07) is 18.7. The van der Waals surface area contributed by atoms with Gasteiger partial charge in [-0.25, -0.2) is 0 Å². The van der Waals surface area contributed by atoms with Gasteiger partial charge in [-0.2, -0.15) is 0 Å². The maximum atomic E-state index is 9.71. The third-order valence-electron chi connectivity index (χ3n) is 4.98. The molecule has 0 aliphatic heterocycles. The molecule has 1 atom stereocenters. The van der Waals surface area contributed by atoms with E-state index in [2.05, 4.69) is 58.6 Å². The van der Waals surface area contributed by atoms with Gasteiger partial charge in [0.05, 0.1) is 6.61 Å². The molecule has 0 heterocycles. The van der Waals surface area contributed by atoms with Gasteiger partial charge in [-0.05, 0) is 29.8 Å². The summed E-state index contributed by atoms with van der Waals surface area (Å²) in [5.41, 5.74) is 3.68. The lowest BCUT2D eigenvalue weighted by Crippen LogP contribution is -2.39. The van der Waals surface area contributed by atoms with Crippen LogP contribution in [0, 0.1) is 0 Å². The molecule has 5 heteroatoms. The molecule has 0 fully saturated rings. The molecular weight excluding hydrogens is 348 g/mol. The van der Waals surface area contributed by atoms with Crippen LogP contribution >= 0.6 is 0 Å². The lowest BCUT2D eigenvalue weighted by molar-refractivity contribution is 0.265. The molecule has 5 nitrogen and oxygen atoms in total. The minimum absolute atomic E-state index is 0.0390. The Hall–Kier alpha value is -2.37. The SMILES string of the molecule is CCN(CC)Cc1cccc(CNC(=NC)NCC(CO)c2ccccc2)c1. The van der Waals surface area contributed by atoms with Gasteiger partial charge in [-0.15, -0.1) is 0 Å². The lowest BCUT2D eigenvalue weighted by atomic mass is 10.0. The highest BCUT2D eigenvalue weighted by atomic mass is 16.3. The van der Waals surface area contributed by atoms with Gasteiger partial charge < -0.3 is 15.7 Å². The molecule has 2 aromatic carbocycles. The molecule has 0 aromatic heterocycles. The normalized spacial score (nSPS) is 12.8. The van der Waals surface area contributed by atoms with Crippen LogP contribution in [0.5, 0.6) is 0 Å². The van der Waals surface area contributed by atoms with Crippen LogP contribution in [0.3, 0.4) is 0 Å². The number of hydrogen-bond acceptors (Lipinski definition) is 3. The first-order valence-corrected chi connectivity index (χ1v) is 10.1. The minimum Gasteiger partial charge on any atom is -0.396 e. The van der Waals surface area contributed by atoms with Crippen molar-refractivity contribution < 1.29 is 5.11 Å². The summed E-state index contributed by atoms with van der Waals surface area (Å²) in [6.45, 7) is 8.92. The van der Waals surface area contributed by atoms with Crippen molar-refractivity contribution in [3.8, 4) is 0 Å². The average Bonchev–Trinajstić information content (AvgIpc) is 2.75. The Kier molecular flexibility index (Phi) is 9.52. The number of benzene rings is 2. The van der Waals surface area contributed by atoms with Gasteiger partial charge in [-0.1, -0.05) is 68.4 Å². The van der Waals surface area contributed by atoms with Gasteiger partial charge in [0.2, 0.25) is 0 Å². The fraction of sp³-hybridized carbons (Fsp3) is 0.435. The number of aliphatic hydroxyl groups excluding tert-OH is 1. The predicted molar refractivity (Wildman–Crippen MR) is 118 cm³/mol. The Labute approximate surface area is 169 Å². The van der Waals surface area contributed by atoms with Crippen LogP contribution in [-0.2, 0) is 13.1 Å². The molecule has 0 saturated carbocycles. The Morgan fingerprint density at radius 2 is 1.71 bits per heavy atom. The first kappa shape index (κ1) is 21.9. The summed E-state index contributed by atoms with van der Waals surface area (Å²) < 4.78 is 0. The molecule has 0 aliphatic carbocycles. The number of guanidine groups is 1. The molecule has 0 radical (unpaired) electrons. The van der Waals surface area contributed by atoms with Gasteiger partial charge in [0.15, 0.2) is 5.96 Å². The molecule has 152 valence electrons. The average molecular weight is 383 g/mol. The van der Waals surface area contributed by atoms with Crippen LogP contribution in [0.4, 0.5) is 0 Å². The molecule has 2 aromatic rings. The number of aliphatic hydroxyl groups is 1. The molecule has 0 amide bonds. The zero-order valence-corrected chi connectivity index (χ0v) is 17.4. The van der Waals surface area contributed by atoms with E-state index in [0.717, 1.165) is 31.2 Å². The quantitative estimate of drug-likeness (QED) is 0.437. The summed E-state index contributed by atoms with van der Waals surface area (Å²) in [5.74, 6) is 0.778. The van der Waals surface area contributed by atoms with Gasteiger partial charge in [0.1, 0.15) is 0 Å². The van der Waals surface area contributed by atoms with Gasteiger partial charge >= 0.3 is 0 Å². The first-order valence-electron chi connectivity index (χ1n) is 10.1. The van der Waals surface area contributed by atoms with E-state index < -0.39 is 0 Å². The monoisotopic (exact) mass is 382 g/mol. The van der Waals surface area contributed by atoms with Crippen molar-refractivity contribution in [2.24, 2.45) is 4.99 Å². The summed E-state index contributed by atoms with van der Waals surface area (Å²) in [5, 5.41) is 16.4. The number of rotatable bonds is 10. The topological polar surface area (TPSA) is 59.9 Å². The van der Waals surface area contributed by atoms with Crippen molar-refractivity contribution in [2.75, 3.05) is 33.3 Å². The highest BCUT2D eigenvalue weighted by Gasteiger charge is 2.11. The van der Waals surface area contributed by atoms with Crippen molar-refractivity contribution in [2.45, 2.75) is 32.9 Å². The third kappa shape index (κ3) is 6.98. The van der Waals surface area contributed by atoms with E-state index in [0.29, 0.717) is 13.1 Å². The Balaban J connectivity index is 1.88. The highest BCUT2D eigenvalue weighted by molar-refractivity contribution is 5.79.